The number of thiazole rings is 1. The monoisotopic (exact) mass is 348 g/mol. The molecule has 0 aromatic carbocycles. The molecule has 8 nitrogen and oxygen atoms in total. The zero-order valence-corrected chi connectivity index (χ0v) is 14.2. The van der Waals surface area contributed by atoms with Gasteiger partial charge in [-0.2, -0.15) is 0 Å². The van der Waals surface area contributed by atoms with Gasteiger partial charge in [0, 0.05) is 12.6 Å². The van der Waals surface area contributed by atoms with Crippen LogP contribution in [0.15, 0.2) is 12.3 Å². The molecule has 1 unspecified atom stereocenters. The first-order chi connectivity index (χ1) is 11.6. The Balaban J connectivity index is 1.83. The summed E-state index contributed by atoms with van der Waals surface area (Å²) in [5.41, 5.74) is 5.24. The number of amides is 1. The number of anilines is 3. The lowest BCUT2D eigenvalue weighted by molar-refractivity contribution is 0.100. The van der Waals surface area contributed by atoms with Gasteiger partial charge in [-0.15, -0.1) is 0 Å². The number of aliphatic hydroxyl groups is 1. The normalized spacial score (nSPS) is 17.8. The number of aryl methyl sites for hydroxylation is 1. The lowest BCUT2D eigenvalue weighted by Crippen LogP contribution is -2.42. The van der Waals surface area contributed by atoms with E-state index in [1.165, 1.54) is 17.5 Å². The first kappa shape index (κ1) is 16.6. The molecule has 1 fully saturated rings. The number of carbonyl (C=O) groups excluding carboxylic acids is 1. The van der Waals surface area contributed by atoms with Crippen LogP contribution in [-0.4, -0.2) is 45.2 Å². The van der Waals surface area contributed by atoms with E-state index >= 15 is 0 Å². The van der Waals surface area contributed by atoms with E-state index in [0.29, 0.717) is 21.7 Å². The lowest BCUT2D eigenvalue weighted by Gasteiger charge is -2.35. The fourth-order valence-corrected chi connectivity index (χ4v) is 3.49. The van der Waals surface area contributed by atoms with Gasteiger partial charge in [-0.05, 0) is 26.2 Å². The maximum atomic E-state index is 11.2. The van der Waals surface area contributed by atoms with Crippen molar-refractivity contribution in [1.29, 1.82) is 0 Å². The van der Waals surface area contributed by atoms with Gasteiger partial charge in [0.05, 0.1) is 18.8 Å². The SMILES string of the molecule is Cc1nc(Nc2ncc(C(N)=O)s2)cc(N2CCCCC2CO)n1. The molecule has 0 radical (unpaired) electrons. The maximum absolute atomic E-state index is 11.2. The molecular weight excluding hydrogens is 328 g/mol. The standard InChI is InChI=1S/C15H20N6O2S/c1-9-18-12(20-15-17-7-11(24-15)14(16)23)6-13(19-9)21-5-3-2-4-10(21)8-22/h6-7,10,22H,2-5,8H2,1H3,(H2,16,23)(H,17,18,19,20). The molecule has 1 atom stereocenters. The van der Waals surface area contributed by atoms with Crippen molar-refractivity contribution in [1.82, 2.24) is 15.0 Å². The summed E-state index contributed by atoms with van der Waals surface area (Å²) in [6.07, 6.45) is 4.59. The largest absolute Gasteiger partial charge is 0.394 e. The molecule has 0 saturated carbocycles. The third-order valence-electron chi connectivity index (χ3n) is 3.94. The number of nitrogens with zero attached hydrogens (tertiary/aromatic N) is 4. The van der Waals surface area contributed by atoms with Crippen molar-refractivity contribution in [2.45, 2.75) is 32.2 Å². The van der Waals surface area contributed by atoms with E-state index in [9.17, 15) is 9.90 Å². The smallest absolute Gasteiger partial charge is 0.260 e. The Hall–Kier alpha value is -2.26. The average Bonchev–Trinajstić information content (AvgIpc) is 3.03. The second-order valence-corrected chi connectivity index (χ2v) is 6.73. The lowest BCUT2D eigenvalue weighted by atomic mass is 10.0. The second-order valence-electron chi connectivity index (χ2n) is 5.70. The summed E-state index contributed by atoms with van der Waals surface area (Å²) < 4.78 is 0. The van der Waals surface area contributed by atoms with Crippen molar-refractivity contribution in [3.05, 3.63) is 23.0 Å². The second kappa shape index (κ2) is 7.10. The molecule has 4 N–H and O–H groups in total. The van der Waals surface area contributed by atoms with E-state index in [0.717, 1.165) is 31.6 Å². The van der Waals surface area contributed by atoms with Gasteiger partial charge >= 0.3 is 0 Å². The number of carbonyl (C=O) groups is 1. The van der Waals surface area contributed by atoms with Crippen LogP contribution in [0, 0.1) is 6.92 Å². The Labute approximate surface area is 143 Å². The first-order valence-electron chi connectivity index (χ1n) is 7.82. The van der Waals surface area contributed by atoms with Gasteiger partial charge in [-0.1, -0.05) is 11.3 Å². The summed E-state index contributed by atoms with van der Waals surface area (Å²) >= 11 is 1.18. The predicted octanol–water partition coefficient (Wildman–Crippen LogP) is 1.44. The summed E-state index contributed by atoms with van der Waals surface area (Å²) in [5, 5.41) is 13.2. The quantitative estimate of drug-likeness (QED) is 0.748. The van der Waals surface area contributed by atoms with Gasteiger partial charge in [0.1, 0.15) is 22.3 Å². The van der Waals surface area contributed by atoms with E-state index in [-0.39, 0.29) is 12.6 Å². The summed E-state index contributed by atoms with van der Waals surface area (Å²) in [7, 11) is 0. The third kappa shape index (κ3) is 3.62. The molecule has 1 aliphatic rings. The number of aliphatic hydroxyl groups excluding tert-OH is 1. The zero-order chi connectivity index (χ0) is 17.1. The third-order valence-corrected chi connectivity index (χ3v) is 4.87. The molecule has 1 aliphatic heterocycles. The molecule has 3 rings (SSSR count). The van der Waals surface area contributed by atoms with Gasteiger partial charge < -0.3 is 21.1 Å². The number of aromatic nitrogens is 3. The van der Waals surface area contributed by atoms with Crippen LogP contribution < -0.4 is 16.0 Å². The van der Waals surface area contributed by atoms with E-state index in [1.54, 1.807) is 0 Å². The summed E-state index contributed by atoms with van der Waals surface area (Å²) in [6, 6.07) is 1.92. The molecule has 1 amide bonds. The van der Waals surface area contributed by atoms with Crippen LogP contribution in [0.2, 0.25) is 0 Å². The highest BCUT2D eigenvalue weighted by Gasteiger charge is 2.23. The highest BCUT2D eigenvalue weighted by Crippen LogP contribution is 2.27. The number of hydrogen-bond acceptors (Lipinski definition) is 8. The molecule has 1 saturated heterocycles. The van der Waals surface area contributed by atoms with Crippen LogP contribution in [0.5, 0.6) is 0 Å². The number of primary amides is 1. The van der Waals surface area contributed by atoms with Gasteiger partial charge in [0.25, 0.3) is 5.91 Å². The number of piperidine rings is 1. The Morgan fingerprint density at radius 1 is 1.50 bits per heavy atom. The minimum absolute atomic E-state index is 0.0854. The molecule has 24 heavy (non-hydrogen) atoms. The fraction of sp³-hybridized carbons (Fsp3) is 0.467. The van der Waals surface area contributed by atoms with Gasteiger partial charge in [0.15, 0.2) is 5.13 Å². The number of nitrogens with two attached hydrogens (primary N) is 1. The van der Waals surface area contributed by atoms with E-state index in [1.807, 2.05) is 13.0 Å². The highest BCUT2D eigenvalue weighted by molar-refractivity contribution is 7.17. The first-order valence-corrected chi connectivity index (χ1v) is 8.64. The number of nitrogens with one attached hydrogen (secondary N) is 1. The summed E-state index contributed by atoms with van der Waals surface area (Å²) in [6.45, 7) is 2.80. The maximum Gasteiger partial charge on any atom is 0.260 e. The van der Waals surface area contributed by atoms with Crippen LogP contribution in [0.1, 0.15) is 34.8 Å². The van der Waals surface area contributed by atoms with Crippen molar-refractivity contribution in [3.63, 3.8) is 0 Å². The van der Waals surface area contributed by atoms with Crippen LogP contribution >= 0.6 is 11.3 Å². The molecule has 2 aromatic rings. The Kier molecular flexibility index (Phi) is 4.91. The highest BCUT2D eigenvalue weighted by atomic mass is 32.1. The van der Waals surface area contributed by atoms with E-state index in [4.69, 9.17) is 5.73 Å². The van der Waals surface area contributed by atoms with Gasteiger partial charge in [-0.3, -0.25) is 4.79 Å². The Morgan fingerprint density at radius 3 is 3.04 bits per heavy atom. The average molecular weight is 348 g/mol. The van der Waals surface area contributed by atoms with E-state index in [2.05, 4.69) is 25.2 Å². The number of hydrogen-bond donors (Lipinski definition) is 3. The predicted molar refractivity (Wildman–Crippen MR) is 92.8 cm³/mol. The van der Waals surface area contributed by atoms with Crippen LogP contribution in [0.4, 0.5) is 16.8 Å². The summed E-state index contributed by atoms with van der Waals surface area (Å²) in [5.74, 6) is 1.52. The fourth-order valence-electron chi connectivity index (χ4n) is 2.81. The zero-order valence-electron chi connectivity index (χ0n) is 13.4. The molecule has 2 aromatic heterocycles. The molecule has 128 valence electrons. The van der Waals surface area contributed by atoms with Crippen molar-refractivity contribution in [2.75, 3.05) is 23.4 Å². The minimum atomic E-state index is -0.501. The Morgan fingerprint density at radius 2 is 2.33 bits per heavy atom. The van der Waals surface area contributed by atoms with Crippen LogP contribution in [0.3, 0.4) is 0 Å². The molecular formula is C15H20N6O2S. The molecule has 0 aliphatic carbocycles. The molecule has 0 spiro atoms. The van der Waals surface area contributed by atoms with Crippen LogP contribution in [0.25, 0.3) is 0 Å². The van der Waals surface area contributed by atoms with Crippen molar-refractivity contribution < 1.29 is 9.90 Å². The van der Waals surface area contributed by atoms with E-state index < -0.39 is 5.91 Å². The van der Waals surface area contributed by atoms with Gasteiger partial charge in [-0.25, -0.2) is 15.0 Å². The van der Waals surface area contributed by atoms with Crippen molar-refractivity contribution in [2.24, 2.45) is 5.73 Å². The van der Waals surface area contributed by atoms with Crippen molar-refractivity contribution in [3.8, 4) is 0 Å². The molecule has 0 bridgehead atoms. The molecule has 3 heterocycles. The van der Waals surface area contributed by atoms with Crippen LogP contribution in [-0.2, 0) is 0 Å². The molecule has 9 heteroatoms. The minimum Gasteiger partial charge on any atom is -0.394 e. The number of rotatable bonds is 5. The van der Waals surface area contributed by atoms with Crippen molar-refractivity contribution >= 4 is 34.0 Å². The van der Waals surface area contributed by atoms with Gasteiger partial charge in [0.2, 0.25) is 0 Å². The Bertz CT molecular complexity index is 735. The topological polar surface area (TPSA) is 117 Å². The summed E-state index contributed by atoms with van der Waals surface area (Å²) in [4.78, 5) is 26.7.